The molecular formula is C11H14N2O. The van der Waals surface area contributed by atoms with Crippen LogP contribution in [0.4, 0.5) is 0 Å². The Balaban J connectivity index is 2.66. The summed E-state index contributed by atoms with van der Waals surface area (Å²) in [6.07, 6.45) is 1.74. The Kier molecular flexibility index (Phi) is 3.88. The Hall–Kier alpha value is -1.61. The summed E-state index contributed by atoms with van der Waals surface area (Å²) < 4.78 is 0. The lowest BCUT2D eigenvalue weighted by molar-refractivity contribution is 0.0955. The van der Waals surface area contributed by atoms with Crippen LogP contribution < -0.4 is 11.1 Å². The number of hydrogen-bond donors (Lipinski definition) is 2. The molecule has 0 heterocycles. The van der Waals surface area contributed by atoms with Crippen molar-refractivity contribution in [3.63, 3.8) is 0 Å². The van der Waals surface area contributed by atoms with E-state index in [4.69, 9.17) is 5.73 Å². The molecule has 0 saturated carbocycles. The second-order valence-corrected chi connectivity index (χ2v) is 2.87. The second kappa shape index (κ2) is 5.19. The van der Waals surface area contributed by atoms with Gasteiger partial charge in [-0.15, -0.1) is 0 Å². The molecular weight excluding hydrogens is 176 g/mol. The third kappa shape index (κ3) is 2.71. The number of nitrogens with two attached hydrogens (primary N) is 1. The highest BCUT2D eigenvalue weighted by Gasteiger charge is 2.02. The average molecular weight is 190 g/mol. The quantitative estimate of drug-likeness (QED) is 0.744. The minimum atomic E-state index is -0.0916. The molecule has 0 bridgehead atoms. The molecule has 14 heavy (non-hydrogen) atoms. The Morgan fingerprint density at radius 2 is 2.07 bits per heavy atom. The van der Waals surface area contributed by atoms with E-state index >= 15 is 0 Å². The molecule has 0 fully saturated rings. The first-order chi connectivity index (χ1) is 6.77. The van der Waals surface area contributed by atoms with Crippen molar-refractivity contribution in [3.8, 4) is 0 Å². The van der Waals surface area contributed by atoms with Crippen molar-refractivity contribution in [1.29, 1.82) is 0 Å². The fourth-order valence-electron chi connectivity index (χ4n) is 1.06. The highest BCUT2D eigenvalue weighted by atomic mass is 16.1. The van der Waals surface area contributed by atoms with Crippen LogP contribution in [0.25, 0.3) is 6.08 Å². The summed E-state index contributed by atoms with van der Waals surface area (Å²) in [5, 5.41) is 2.70. The van der Waals surface area contributed by atoms with Gasteiger partial charge in [-0.2, -0.15) is 0 Å². The summed E-state index contributed by atoms with van der Waals surface area (Å²) in [6, 6.07) is 7.24. The molecule has 0 radical (unpaired) electrons. The van der Waals surface area contributed by atoms with Gasteiger partial charge in [0.15, 0.2) is 0 Å². The molecule has 0 aliphatic heterocycles. The van der Waals surface area contributed by atoms with Crippen LogP contribution in [0.3, 0.4) is 0 Å². The molecule has 1 rings (SSSR count). The van der Waals surface area contributed by atoms with E-state index < -0.39 is 0 Å². The second-order valence-electron chi connectivity index (χ2n) is 2.87. The van der Waals surface area contributed by atoms with Crippen molar-refractivity contribution < 1.29 is 4.79 Å². The first kappa shape index (κ1) is 10.5. The van der Waals surface area contributed by atoms with Crippen LogP contribution in [-0.2, 0) is 0 Å². The van der Waals surface area contributed by atoms with E-state index in [2.05, 4.69) is 11.9 Å². The molecule has 0 unspecified atom stereocenters. The van der Waals surface area contributed by atoms with Gasteiger partial charge in [0.05, 0.1) is 0 Å². The van der Waals surface area contributed by atoms with Gasteiger partial charge in [-0.1, -0.05) is 24.8 Å². The average Bonchev–Trinajstić information content (AvgIpc) is 2.26. The maximum absolute atomic E-state index is 11.4. The predicted molar refractivity (Wildman–Crippen MR) is 57.9 cm³/mol. The standard InChI is InChI=1S/C11H14N2O/c1-2-9-3-5-10(6-4-9)11(14)13-8-7-12/h2-6H,1,7-8,12H2,(H,13,14). The van der Waals surface area contributed by atoms with Gasteiger partial charge in [0.25, 0.3) is 5.91 Å². The summed E-state index contributed by atoms with van der Waals surface area (Å²) in [5.74, 6) is -0.0916. The van der Waals surface area contributed by atoms with E-state index in [0.717, 1.165) is 5.56 Å². The molecule has 0 aliphatic carbocycles. The zero-order chi connectivity index (χ0) is 10.4. The van der Waals surface area contributed by atoms with Crippen LogP contribution in [0.5, 0.6) is 0 Å². The molecule has 0 aliphatic rings. The number of carbonyl (C=O) groups excluding carboxylic acids is 1. The van der Waals surface area contributed by atoms with Gasteiger partial charge in [-0.3, -0.25) is 4.79 Å². The maximum atomic E-state index is 11.4. The number of nitrogens with one attached hydrogen (secondary N) is 1. The lowest BCUT2D eigenvalue weighted by atomic mass is 10.1. The van der Waals surface area contributed by atoms with Gasteiger partial charge in [-0.25, -0.2) is 0 Å². The van der Waals surface area contributed by atoms with E-state index in [1.54, 1.807) is 18.2 Å². The summed E-state index contributed by atoms with van der Waals surface area (Å²) >= 11 is 0. The minimum Gasteiger partial charge on any atom is -0.351 e. The first-order valence-electron chi connectivity index (χ1n) is 4.48. The summed E-state index contributed by atoms with van der Waals surface area (Å²) in [4.78, 5) is 11.4. The van der Waals surface area contributed by atoms with Crippen molar-refractivity contribution >= 4 is 12.0 Å². The molecule has 3 heteroatoms. The molecule has 0 atom stereocenters. The SMILES string of the molecule is C=Cc1ccc(C(=O)NCCN)cc1. The van der Waals surface area contributed by atoms with E-state index in [9.17, 15) is 4.79 Å². The first-order valence-corrected chi connectivity index (χ1v) is 4.48. The van der Waals surface area contributed by atoms with Gasteiger partial charge in [0, 0.05) is 18.7 Å². The molecule has 1 aromatic rings. The fourth-order valence-corrected chi connectivity index (χ4v) is 1.06. The van der Waals surface area contributed by atoms with Crippen molar-refractivity contribution in [3.05, 3.63) is 42.0 Å². The third-order valence-electron chi connectivity index (χ3n) is 1.84. The van der Waals surface area contributed by atoms with Crippen LogP contribution in [0.2, 0.25) is 0 Å². The highest BCUT2D eigenvalue weighted by molar-refractivity contribution is 5.94. The molecule has 3 nitrogen and oxygen atoms in total. The van der Waals surface area contributed by atoms with Crippen LogP contribution in [0, 0.1) is 0 Å². The topological polar surface area (TPSA) is 55.1 Å². The largest absolute Gasteiger partial charge is 0.351 e. The summed E-state index contributed by atoms with van der Waals surface area (Å²) in [6.45, 7) is 4.59. The highest BCUT2D eigenvalue weighted by Crippen LogP contribution is 2.04. The molecule has 1 amide bonds. The van der Waals surface area contributed by atoms with Crippen molar-refractivity contribution in [2.24, 2.45) is 5.73 Å². The Morgan fingerprint density at radius 1 is 1.43 bits per heavy atom. The Labute approximate surface area is 83.6 Å². The maximum Gasteiger partial charge on any atom is 0.251 e. The Bertz CT molecular complexity index is 317. The van der Waals surface area contributed by atoms with Crippen LogP contribution in [-0.4, -0.2) is 19.0 Å². The van der Waals surface area contributed by atoms with E-state index in [1.165, 1.54) is 0 Å². The van der Waals surface area contributed by atoms with Crippen LogP contribution in [0.1, 0.15) is 15.9 Å². The molecule has 0 saturated heterocycles. The number of carbonyl (C=O) groups is 1. The van der Waals surface area contributed by atoms with Crippen LogP contribution in [0.15, 0.2) is 30.8 Å². The summed E-state index contributed by atoms with van der Waals surface area (Å²) in [5.41, 5.74) is 6.92. The number of amides is 1. The van der Waals surface area contributed by atoms with Crippen molar-refractivity contribution in [2.45, 2.75) is 0 Å². The lowest BCUT2D eigenvalue weighted by Gasteiger charge is -2.03. The number of hydrogen-bond acceptors (Lipinski definition) is 2. The van der Waals surface area contributed by atoms with Crippen LogP contribution >= 0.6 is 0 Å². The van der Waals surface area contributed by atoms with E-state index in [1.807, 2.05) is 12.1 Å². The van der Waals surface area contributed by atoms with Crippen molar-refractivity contribution in [1.82, 2.24) is 5.32 Å². The van der Waals surface area contributed by atoms with E-state index in [-0.39, 0.29) is 5.91 Å². The molecule has 74 valence electrons. The normalized spacial score (nSPS) is 9.50. The van der Waals surface area contributed by atoms with E-state index in [0.29, 0.717) is 18.7 Å². The molecule has 1 aromatic carbocycles. The van der Waals surface area contributed by atoms with Gasteiger partial charge in [-0.05, 0) is 17.7 Å². The molecule has 0 aromatic heterocycles. The van der Waals surface area contributed by atoms with Gasteiger partial charge >= 0.3 is 0 Å². The molecule has 3 N–H and O–H groups in total. The number of rotatable bonds is 4. The smallest absolute Gasteiger partial charge is 0.251 e. The fraction of sp³-hybridized carbons (Fsp3) is 0.182. The van der Waals surface area contributed by atoms with Gasteiger partial charge < -0.3 is 11.1 Å². The van der Waals surface area contributed by atoms with Gasteiger partial charge in [0.2, 0.25) is 0 Å². The summed E-state index contributed by atoms with van der Waals surface area (Å²) in [7, 11) is 0. The van der Waals surface area contributed by atoms with Crippen molar-refractivity contribution in [2.75, 3.05) is 13.1 Å². The zero-order valence-corrected chi connectivity index (χ0v) is 7.99. The molecule has 0 spiro atoms. The minimum absolute atomic E-state index is 0.0916. The van der Waals surface area contributed by atoms with Gasteiger partial charge in [0.1, 0.15) is 0 Å². The zero-order valence-electron chi connectivity index (χ0n) is 7.99. The Morgan fingerprint density at radius 3 is 2.57 bits per heavy atom. The lowest BCUT2D eigenvalue weighted by Crippen LogP contribution is -2.28. The number of benzene rings is 1. The predicted octanol–water partition coefficient (Wildman–Crippen LogP) is 1.02. The monoisotopic (exact) mass is 190 g/mol. The third-order valence-corrected chi connectivity index (χ3v) is 1.84.